The molecule has 0 saturated carbocycles. The standard InChI is InChI=1S/C11H12F8O3S/c1-5(2)7(21)22-4-6(20)3-8(12,13)9(14,15)10(16,23)11(17,18)19/h6,20,23H,1,3-4H2,2H3. The highest BCUT2D eigenvalue weighted by Crippen LogP contribution is 2.55. The summed E-state index contributed by atoms with van der Waals surface area (Å²) in [4.78, 5) is 10.9. The Kier molecular flexibility index (Phi) is 6.52. The van der Waals surface area contributed by atoms with Crippen molar-refractivity contribution in [2.24, 2.45) is 0 Å². The van der Waals surface area contributed by atoms with Crippen LogP contribution in [0.15, 0.2) is 12.2 Å². The van der Waals surface area contributed by atoms with Crippen molar-refractivity contribution in [2.45, 2.75) is 42.5 Å². The van der Waals surface area contributed by atoms with Crippen molar-refractivity contribution in [3.63, 3.8) is 0 Å². The number of thiol groups is 1. The number of alkyl halides is 8. The quantitative estimate of drug-likeness (QED) is 0.310. The van der Waals surface area contributed by atoms with E-state index >= 15 is 0 Å². The molecule has 136 valence electrons. The summed E-state index contributed by atoms with van der Waals surface area (Å²) < 4.78 is 107. The summed E-state index contributed by atoms with van der Waals surface area (Å²) in [5.41, 5.74) is -0.204. The Hall–Kier alpha value is -1.04. The summed E-state index contributed by atoms with van der Waals surface area (Å²) in [5, 5.41) is 3.26. The summed E-state index contributed by atoms with van der Waals surface area (Å²) >= 11 is 1.98. The van der Waals surface area contributed by atoms with E-state index in [9.17, 15) is 39.9 Å². The number of hydrogen-bond donors (Lipinski definition) is 2. The van der Waals surface area contributed by atoms with Crippen molar-refractivity contribution < 1.29 is 49.8 Å². The molecule has 0 heterocycles. The molecule has 0 saturated heterocycles. The van der Waals surface area contributed by atoms with Gasteiger partial charge in [0.25, 0.3) is 0 Å². The third kappa shape index (κ3) is 4.72. The minimum atomic E-state index is -6.40. The molecule has 12 heteroatoms. The van der Waals surface area contributed by atoms with Gasteiger partial charge in [-0.1, -0.05) is 6.58 Å². The summed E-state index contributed by atoms with van der Waals surface area (Å²) in [5.74, 6) is -13.1. The molecule has 0 amide bonds. The van der Waals surface area contributed by atoms with Crippen molar-refractivity contribution in [1.82, 2.24) is 0 Å². The van der Waals surface area contributed by atoms with Crippen molar-refractivity contribution >= 4 is 18.6 Å². The lowest BCUT2D eigenvalue weighted by Crippen LogP contribution is -2.61. The Morgan fingerprint density at radius 3 is 1.96 bits per heavy atom. The van der Waals surface area contributed by atoms with Crippen LogP contribution >= 0.6 is 12.6 Å². The molecule has 0 fully saturated rings. The largest absolute Gasteiger partial charge is 0.460 e. The molecule has 0 aliphatic heterocycles. The molecular formula is C11H12F8O3S. The van der Waals surface area contributed by atoms with E-state index < -0.39 is 48.1 Å². The molecule has 3 nitrogen and oxygen atoms in total. The minimum Gasteiger partial charge on any atom is -0.460 e. The minimum absolute atomic E-state index is 0.204. The van der Waals surface area contributed by atoms with Gasteiger partial charge in [0, 0.05) is 12.0 Å². The summed E-state index contributed by atoms with van der Waals surface area (Å²) in [7, 11) is 0. The molecule has 0 aromatic heterocycles. The molecule has 0 aliphatic carbocycles. The number of halogens is 8. The van der Waals surface area contributed by atoms with E-state index in [0.717, 1.165) is 6.92 Å². The van der Waals surface area contributed by atoms with Crippen LogP contribution < -0.4 is 0 Å². The van der Waals surface area contributed by atoms with Gasteiger partial charge in [0.2, 0.25) is 0 Å². The van der Waals surface area contributed by atoms with Gasteiger partial charge < -0.3 is 9.84 Å². The molecule has 2 unspecified atom stereocenters. The molecule has 2 atom stereocenters. The highest BCUT2D eigenvalue weighted by atomic mass is 32.1. The number of rotatable bonds is 7. The molecule has 0 radical (unpaired) electrons. The summed E-state index contributed by atoms with van der Waals surface area (Å²) in [6.07, 6.45) is -11.2. The smallest absolute Gasteiger partial charge is 0.438 e. The zero-order chi connectivity index (χ0) is 18.9. The SMILES string of the molecule is C=C(C)C(=O)OCC(O)CC(F)(F)C(F)(F)C(F)(S)C(F)(F)F. The van der Waals surface area contributed by atoms with Crippen LogP contribution in [0, 0.1) is 0 Å². The molecule has 0 aliphatic rings. The van der Waals surface area contributed by atoms with Gasteiger partial charge in [0.15, 0.2) is 0 Å². The maximum atomic E-state index is 13.3. The zero-order valence-corrected chi connectivity index (χ0v) is 12.3. The van der Waals surface area contributed by atoms with E-state index in [-0.39, 0.29) is 5.57 Å². The average Bonchev–Trinajstić information content (AvgIpc) is 2.33. The van der Waals surface area contributed by atoms with Crippen molar-refractivity contribution in [3.05, 3.63) is 12.2 Å². The number of hydrogen-bond acceptors (Lipinski definition) is 4. The molecule has 0 rings (SSSR count). The van der Waals surface area contributed by atoms with Gasteiger partial charge in [-0.2, -0.15) is 30.7 Å². The van der Waals surface area contributed by atoms with Crippen LogP contribution in [0.2, 0.25) is 0 Å². The zero-order valence-electron chi connectivity index (χ0n) is 11.4. The van der Waals surface area contributed by atoms with Crippen LogP contribution in [0.1, 0.15) is 13.3 Å². The predicted octanol–water partition coefficient (Wildman–Crippen LogP) is 3.29. The van der Waals surface area contributed by atoms with Gasteiger partial charge in [0.05, 0.1) is 6.10 Å². The Labute approximate surface area is 130 Å². The molecule has 1 N–H and O–H groups in total. The van der Waals surface area contributed by atoms with Gasteiger partial charge in [-0.05, 0) is 6.92 Å². The van der Waals surface area contributed by atoms with Crippen molar-refractivity contribution in [2.75, 3.05) is 6.61 Å². The topological polar surface area (TPSA) is 46.5 Å². The van der Waals surface area contributed by atoms with E-state index in [0.29, 0.717) is 0 Å². The maximum absolute atomic E-state index is 13.3. The van der Waals surface area contributed by atoms with Gasteiger partial charge in [-0.3, -0.25) is 0 Å². The lowest BCUT2D eigenvalue weighted by Gasteiger charge is -2.36. The molecule has 0 aromatic rings. The van der Waals surface area contributed by atoms with E-state index in [1.165, 1.54) is 0 Å². The number of carbonyl (C=O) groups is 1. The highest BCUT2D eigenvalue weighted by Gasteiger charge is 2.78. The Balaban J connectivity index is 5.11. The van der Waals surface area contributed by atoms with E-state index in [4.69, 9.17) is 5.11 Å². The van der Waals surface area contributed by atoms with E-state index in [1.807, 2.05) is 12.6 Å². The normalized spacial score (nSPS) is 17.3. The summed E-state index contributed by atoms with van der Waals surface area (Å²) in [6, 6.07) is 0. The van der Waals surface area contributed by atoms with Crippen LogP contribution in [0.3, 0.4) is 0 Å². The number of carbonyl (C=O) groups excluding carboxylic acids is 1. The number of ether oxygens (including phenoxy) is 1. The van der Waals surface area contributed by atoms with Crippen LogP contribution in [0.25, 0.3) is 0 Å². The lowest BCUT2D eigenvalue weighted by molar-refractivity contribution is -0.324. The fourth-order valence-corrected chi connectivity index (χ4v) is 1.36. The predicted molar refractivity (Wildman–Crippen MR) is 65.2 cm³/mol. The Bertz CT molecular complexity index is 461. The fraction of sp³-hybridized carbons (Fsp3) is 0.727. The van der Waals surface area contributed by atoms with E-state index in [2.05, 4.69) is 11.3 Å². The van der Waals surface area contributed by atoms with Gasteiger partial charge in [-0.15, -0.1) is 12.6 Å². The maximum Gasteiger partial charge on any atom is 0.438 e. The first kappa shape index (κ1) is 22.0. The molecule has 0 aromatic carbocycles. The first-order valence-electron chi connectivity index (χ1n) is 5.71. The molecular weight excluding hydrogens is 364 g/mol. The average molecular weight is 376 g/mol. The number of esters is 1. The van der Waals surface area contributed by atoms with Gasteiger partial charge in [0.1, 0.15) is 6.61 Å². The highest BCUT2D eigenvalue weighted by molar-refractivity contribution is 7.81. The van der Waals surface area contributed by atoms with Crippen LogP contribution in [0.4, 0.5) is 35.1 Å². The second kappa shape index (κ2) is 6.83. The molecule has 0 spiro atoms. The van der Waals surface area contributed by atoms with Gasteiger partial charge in [-0.25, -0.2) is 9.18 Å². The monoisotopic (exact) mass is 376 g/mol. The van der Waals surface area contributed by atoms with Crippen molar-refractivity contribution in [3.8, 4) is 0 Å². The van der Waals surface area contributed by atoms with Crippen LogP contribution in [-0.4, -0.2) is 46.8 Å². The Morgan fingerprint density at radius 2 is 1.61 bits per heavy atom. The van der Waals surface area contributed by atoms with Crippen molar-refractivity contribution in [1.29, 1.82) is 0 Å². The first-order valence-corrected chi connectivity index (χ1v) is 6.16. The van der Waals surface area contributed by atoms with Crippen LogP contribution in [0.5, 0.6) is 0 Å². The summed E-state index contributed by atoms with van der Waals surface area (Å²) in [6.45, 7) is 3.02. The fourth-order valence-electron chi connectivity index (χ4n) is 1.20. The van der Waals surface area contributed by atoms with Crippen LogP contribution in [-0.2, 0) is 9.53 Å². The third-order valence-electron chi connectivity index (χ3n) is 2.50. The molecule has 0 bridgehead atoms. The molecule has 23 heavy (non-hydrogen) atoms. The number of aliphatic hydroxyl groups is 1. The lowest BCUT2D eigenvalue weighted by atomic mass is 10.00. The number of aliphatic hydroxyl groups excluding tert-OH is 1. The second-order valence-corrected chi connectivity index (χ2v) is 5.25. The Morgan fingerprint density at radius 1 is 1.17 bits per heavy atom. The first-order chi connectivity index (χ1) is 9.97. The third-order valence-corrected chi connectivity index (χ3v) is 3.03. The van der Waals surface area contributed by atoms with E-state index in [1.54, 1.807) is 0 Å². The second-order valence-electron chi connectivity index (χ2n) is 4.64. The van der Waals surface area contributed by atoms with Gasteiger partial charge >= 0.3 is 29.0 Å².